The predicted molar refractivity (Wildman–Crippen MR) is 68.5 cm³/mol. The Balaban J connectivity index is 3.05. The van der Waals surface area contributed by atoms with E-state index < -0.39 is 15.6 Å². The van der Waals surface area contributed by atoms with Crippen LogP contribution in [0.2, 0.25) is 0 Å². The molecule has 0 aliphatic heterocycles. The zero-order valence-corrected chi connectivity index (χ0v) is 11.4. The van der Waals surface area contributed by atoms with Crippen molar-refractivity contribution in [3.63, 3.8) is 0 Å². The molecule has 2 N–H and O–H groups in total. The van der Waals surface area contributed by atoms with E-state index in [1.165, 1.54) is 18.3 Å². The first-order chi connectivity index (χ1) is 7.80. The molecule has 1 aromatic heterocycles. The van der Waals surface area contributed by atoms with E-state index in [9.17, 15) is 8.42 Å². The minimum atomic E-state index is -3.49. The number of anilines is 1. The van der Waals surface area contributed by atoms with E-state index in [-0.39, 0.29) is 4.90 Å². The maximum atomic E-state index is 12.1. The lowest BCUT2D eigenvalue weighted by molar-refractivity contribution is 0.439. The van der Waals surface area contributed by atoms with Crippen molar-refractivity contribution in [1.29, 1.82) is 0 Å². The van der Waals surface area contributed by atoms with Crippen LogP contribution in [0.4, 0.5) is 5.82 Å². The van der Waals surface area contributed by atoms with Gasteiger partial charge in [-0.05, 0) is 26.3 Å². The first-order valence-electron chi connectivity index (χ1n) is 5.48. The average molecular weight is 257 g/mol. The topological polar surface area (TPSA) is 71.1 Å². The molecule has 5 nitrogen and oxygen atoms in total. The summed E-state index contributed by atoms with van der Waals surface area (Å²) in [5.74, 6) is 0.530. The van der Waals surface area contributed by atoms with Gasteiger partial charge in [-0.15, -0.1) is 0 Å². The minimum Gasteiger partial charge on any atom is -0.373 e. The Morgan fingerprint density at radius 1 is 1.41 bits per heavy atom. The van der Waals surface area contributed by atoms with Crippen LogP contribution in [0, 0.1) is 0 Å². The molecule has 17 heavy (non-hydrogen) atoms. The Labute approximate surface area is 103 Å². The van der Waals surface area contributed by atoms with E-state index >= 15 is 0 Å². The van der Waals surface area contributed by atoms with Gasteiger partial charge in [0.15, 0.2) is 0 Å². The highest BCUT2D eigenvalue weighted by Gasteiger charge is 2.24. The zero-order valence-electron chi connectivity index (χ0n) is 10.6. The lowest BCUT2D eigenvalue weighted by Crippen LogP contribution is -2.42. The Morgan fingerprint density at radius 3 is 2.59 bits per heavy atom. The van der Waals surface area contributed by atoms with Crippen LogP contribution in [0.1, 0.15) is 27.2 Å². The molecule has 0 saturated carbocycles. The minimum absolute atomic E-state index is 0.221. The van der Waals surface area contributed by atoms with Crippen molar-refractivity contribution in [2.45, 2.75) is 37.6 Å². The number of aromatic nitrogens is 1. The highest BCUT2D eigenvalue weighted by Crippen LogP contribution is 2.16. The molecule has 0 unspecified atom stereocenters. The Hall–Kier alpha value is -1.14. The van der Waals surface area contributed by atoms with Gasteiger partial charge in [-0.2, -0.15) is 0 Å². The SMILES string of the molecule is CCC(C)(C)NS(=O)(=O)c1ccnc(NC)c1. The molecule has 1 aromatic rings. The molecule has 0 amide bonds. The molecule has 0 fully saturated rings. The van der Waals surface area contributed by atoms with Crippen LogP contribution in [0.5, 0.6) is 0 Å². The first kappa shape index (κ1) is 13.9. The van der Waals surface area contributed by atoms with Crippen LogP contribution >= 0.6 is 0 Å². The Kier molecular flexibility index (Phi) is 4.11. The van der Waals surface area contributed by atoms with E-state index in [0.717, 1.165) is 6.42 Å². The monoisotopic (exact) mass is 257 g/mol. The largest absolute Gasteiger partial charge is 0.373 e. The maximum Gasteiger partial charge on any atom is 0.241 e. The van der Waals surface area contributed by atoms with E-state index in [1.54, 1.807) is 7.05 Å². The summed E-state index contributed by atoms with van der Waals surface area (Å²) in [5, 5.41) is 2.81. The quantitative estimate of drug-likeness (QED) is 0.840. The molecule has 0 aromatic carbocycles. The molecule has 0 bridgehead atoms. The summed E-state index contributed by atoms with van der Waals surface area (Å²) in [6.45, 7) is 5.64. The van der Waals surface area contributed by atoms with Crippen LogP contribution in [-0.4, -0.2) is 26.0 Å². The lowest BCUT2D eigenvalue weighted by atomic mass is 10.0. The van der Waals surface area contributed by atoms with Gasteiger partial charge >= 0.3 is 0 Å². The van der Waals surface area contributed by atoms with E-state index in [1.807, 2.05) is 20.8 Å². The first-order valence-corrected chi connectivity index (χ1v) is 6.97. The van der Waals surface area contributed by atoms with Gasteiger partial charge in [0.05, 0.1) is 4.90 Å². The number of hydrogen-bond donors (Lipinski definition) is 2. The van der Waals surface area contributed by atoms with Crippen LogP contribution < -0.4 is 10.0 Å². The van der Waals surface area contributed by atoms with Gasteiger partial charge in [0, 0.05) is 24.8 Å². The number of hydrogen-bond acceptors (Lipinski definition) is 4. The van der Waals surface area contributed by atoms with Crippen molar-refractivity contribution in [2.75, 3.05) is 12.4 Å². The van der Waals surface area contributed by atoms with Gasteiger partial charge in [0.1, 0.15) is 5.82 Å². The van der Waals surface area contributed by atoms with Crippen molar-refractivity contribution in [3.05, 3.63) is 18.3 Å². The molecule has 0 aliphatic rings. The molecule has 0 atom stereocenters. The number of sulfonamides is 1. The van der Waals surface area contributed by atoms with E-state index in [2.05, 4.69) is 15.0 Å². The van der Waals surface area contributed by atoms with Crippen molar-refractivity contribution in [1.82, 2.24) is 9.71 Å². The second-order valence-electron chi connectivity index (χ2n) is 4.47. The third-order valence-electron chi connectivity index (χ3n) is 2.59. The Morgan fingerprint density at radius 2 is 2.06 bits per heavy atom. The lowest BCUT2D eigenvalue weighted by Gasteiger charge is -2.24. The van der Waals surface area contributed by atoms with Crippen LogP contribution in [0.25, 0.3) is 0 Å². The zero-order chi connectivity index (χ0) is 13.1. The molecular weight excluding hydrogens is 238 g/mol. The number of pyridine rings is 1. The van der Waals surface area contributed by atoms with Crippen LogP contribution in [0.3, 0.4) is 0 Å². The normalized spacial score (nSPS) is 12.5. The third-order valence-corrected chi connectivity index (χ3v) is 4.29. The van der Waals surface area contributed by atoms with Crippen molar-refractivity contribution < 1.29 is 8.42 Å². The second kappa shape index (κ2) is 5.01. The standard InChI is InChI=1S/C11H19N3O2S/c1-5-11(2,3)14-17(15,16)9-6-7-13-10(8-9)12-4/h6-8,14H,5H2,1-4H3,(H,12,13). The fraction of sp³-hybridized carbons (Fsp3) is 0.545. The highest BCUT2D eigenvalue weighted by molar-refractivity contribution is 7.89. The summed E-state index contributed by atoms with van der Waals surface area (Å²) >= 11 is 0. The molecular formula is C11H19N3O2S. The van der Waals surface area contributed by atoms with Gasteiger partial charge in [-0.1, -0.05) is 6.92 Å². The predicted octanol–water partition coefficient (Wildman–Crippen LogP) is 1.59. The summed E-state index contributed by atoms with van der Waals surface area (Å²) in [6.07, 6.45) is 2.19. The summed E-state index contributed by atoms with van der Waals surface area (Å²) in [6, 6.07) is 2.99. The van der Waals surface area contributed by atoms with Gasteiger partial charge in [0.25, 0.3) is 0 Å². The molecule has 96 valence electrons. The molecule has 0 aliphatic carbocycles. The van der Waals surface area contributed by atoms with Gasteiger partial charge < -0.3 is 5.32 Å². The molecule has 0 radical (unpaired) electrons. The van der Waals surface area contributed by atoms with Crippen molar-refractivity contribution in [2.24, 2.45) is 0 Å². The summed E-state index contributed by atoms with van der Waals surface area (Å²) in [4.78, 5) is 4.21. The van der Waals surface area contributed by atoms with Crippen molar-refractivity contribution >= 4 is 15.8 Å². The fourth-order valence-corrected chi connectivity index (χ4v) is 2.71. The summed E-state index contributed by atoms with van der Waals surface area (Å²) < 4.78 is 26.9. The smallest absolute Gasteiger partial charge is 0.241 e. The van der Waals surface area contributed by atoms with E-state index in [4.69, 9.17) is 0 Å². The second-order valence-corrected chi connectivity index (χ2v) is 6.15. The number of rotatable bonds is 5. The third kappa shape index (κ3) is 3.67. The molecule has 6 heteroatoms. The number of nitrogens with one attached hydrogen (secondary N) is 2. The maximum absolute atomic E-state index is 12.1. The van der Waals surface area contributed by atoms with Gasteiger partial charge in [-0.25, -0.2) is 18.1 Å². The van der Waals surface area contributed by atoms with E-state index in [0.29, 0.717) is 5.82 Å². The van der Waals surface area contributed by atoms with Gasteiger partial charge in [0.2, 0.25) is 10.0 Å². The summed E-state index contributed by atoms with van der Waals surface area (Å²) in [5.41, 5.74) is -0.456. The molecule has 1 heterocycles. The molecule has 0 spiro atoms. The van der Waals surface area contributed by atoms with Crippen LogP contribution in [0.15, 0.2) is 23.2 Å². The average Bonchev–Trinajstić information content (AvgIpc) is 2.28. The molecule has 1 rings (SSSR count). The highest BCUT2D eigenvalue weighted by atomic mass is 32.2. The Bertz CT molecular complexity index is 483. The van der Waals surface area contributed by atoms with Gasteiger partial charge in [-0.3, -0.25) is 0 Å². The van der Waals surface area contributed by atoms with Crippen LogP contribution in [-0.2, 0) is 10.0 Å². The summed E-state index contributed by atoms with van der Waals surface area (Å²) in [7, 11) is -1.80. The van der Waals surface area contributed by atoms with Crippen molar-refractivity contribution in [3.8, 4) is 0 Å². The number of nitrogens with zero attached hydrogens (tertiary/aromatic N) is 1. The fourth-order valence-electron chi connectivity index (χ4n) is 1.21. The molecule has 0 saturated heterocycles.